The second kappa shape index (κ2) is 6.17. The van der Waals surface area contributed by atoms with Crippen LogP contribution >= 0.6 is 15.9 Å². The Morgan fingerprint density at radius 3 is 2.83 bits per heavy atom. The van der Waals surface area contributed by atoms with Crippen molar-refractivity contribution in [2.75, 3.05) is 36.5 Å². The van der Waals surface area contributed by atoms with Crippen molar-refractivity contribution in [2.24, 2.45) is 0 Å². The molecule has 0 amide bonds. The molecule has 1 saturated heterocycles. The number of hydrogen-bond donors (Lipinski definition) is 2. The van der Waals surface area contributed by atoms with Crippen molar-refractivity contribution in [1.29, 1.82) is 0 Å². The molecule has 0 spiro atoms. The van der Waals surface area contributed by atoms with Crippen LogP contribution in [0.3, 0.4) is 0 Å². The third-order valence-corrected chi connectivity index (χ3v) is 4.28. The van der Waals surface area contributed by atoms with Crippen LogP contribution < -0.4 is 10.2 Å². The molecule has 1 aliphatic heterocycles. The molecule has 3 heterocycles. The number of pyridine rings is 1. The van der Waals surface area contributed by atoms with Crippen LogP contribution in [0.15, 0.2) is 41.0 Å². The van der Waals surface area contributed by atoms with Gasteiger partial charge in [0.25, 0.3) is 0 Å². The number of aromatic amines is 1. The van der Waals surface area contributed by atoms with Gasteiger partial charge in [-0.1, -0.05) is 0 Å². The zero-order valence-corrected chi connectivity index (χ0v) is 14.0. The standard InChI is InChI=1S/C16H16BrN5O/c17-11-1-4-15(18-10-11)21-16-19-13-3-2-12(9-14(13)20-16)22-5-7-23-8-6-22/h1-4,9-10H,5-8H2,(H2,18,19,20,21). The van der Waals surface area contributed by atoms with E-state index in [1.165, 1.54) is 5.69 Å². The van der Waals surface area contributed by atoms with Gasteiger partial charge in [-0.3, -0.25) is 0 Å². The molecule has 0 unspecified atom stereocenters. The number of anilines is 3. The molecule has 23 heavy (non-hydrogen) atoms. The summed E-state index contributed by atoms with van der Waals surface area (Å²) in [5.41, 5.74) is 3.13. The Morgan fingerprint density at radius 1 is 1.17 bits per heavy atom. The Morgan fingerprint density at radius 2 is 2.04 bits per heavy atom. The van der Waals surface area contributed by atoms with E-state index >= 15 is 0 Å². The fraction of sp³-hybridized carbons (Fsp3) is 0.250. The van der Waals surface area contributed by atoms with Crippen LogP contribution in [-0.4, -0.2) is 41.3 Å². The smallest absolute Gasteiger partial charge is 0.206 e. The minimum atomic E-state index is 0.689. The minimum absolute atomic E-state index is 0.689. The number of hydrogen-bond acceptors (Lipinski definition) is 5. The Hall–Kier alpha value is -2.12. The molecule has 0 saturated carbocycles. The van der Waals surface area contributed by atoms with Crippen molar-refractivity contribution in [1.82, 2.24) is 15.0 Å². The minimum Gasteiger partial charge on any atom is -0.378 e. The molecule has 2 aromatic heterocycles. The van der Waals surface area contributed by atoms with Gasteiger partial charge in [0, 0.05) is 29.4 Å². The number of H-pyrrole nitrogens is 1. The highest BCUT2D eigenvalue weighted by atomic mass is 79.9. The Bertz CT molecular complexity index is 811. The number of morpholine rings is 1. The van der Waals surface area contributed by atoms with Crippen molar-refractivity contribution in [3.8, 4) is 0 Å². The van der Waals surface area contributed by atoms with Crippen LogP contribution in [0.25, 0.3) is 11.0 Å². The molecule has 6 nitrogen and oxygen atoms in total. The van der Waals surface area contributed by atoms with Crippen LogP contribution in [0.5, 0.6) is 0 Å². The molecule has 2 N–H and O–H groups in total. The average molecular weight is 374 g/mol. The van der Waals surface area contributed by atoms with Gasteiger partial charge in [0.05, 0.1) is 24.2 Å². The van der Waals surface area contributed by atoms with Gasteiger partial charge in [0.2, 0.25) is 5.95 Å². The molecule has 4 rings (SSSR count). The van der Waals surface area contributed by atoms with Gasteiger partial charge in [0.1, 0.15) is 5.82 Å². The summed E-state index contributed by atoms with van der Waals surface area (Å²) in [5, 5.41) is 3.19. The molecule has 0 atom stereocenters. The Labute approximate surface area is 142 Å². The third kappa shape index (κ3) is 3.16. The van der Waals surface area contributed by atoms with Crippen LogP contribution in [0.4, 0.5) is 17.5 Å². The van der Waals surface area contributed by atoms with Gasteiger partial charge in [-0.15, -0.1) is 0 Å². The Kier molecular flexibility index (Phi) is 3.88. The van der Waals surface area contributed by atoms with E-state index in [1.807, 2.05) is 18.2 Å². The number of nitrogens with one attached hydrogen (secondary N) is 2. The normalized spacial score (nSPS) is 15.1. The lowest BCUT2D eigenvalue weighted by Gasteiger charge is -2.28. The zero-order valence-electron chi connectivity index (χ0n) is 12.4. The van der Waals surface area contributed by atoms with Crippen molar-refractivity contribution < 1.29 is 4.74 Å². The fourth-order valence-corrected chi connectivity index (χ4v) is 2.88. The topological polar surface area (TPSA) is 66.1 Å². The van der Waals surface area contributed by atoms with Crippen LogP contribution in [0, 0.1) is 0 Å². The van der Waals surface area contributed by atoms with E-state index < -0.39 is 0 Å². The first-order chi connectivity index (χ1) is 11.3. The number of rotatable bonds is 3. The first-order valence-electron chi connectivity index (χ1n) is 7.49. The van der Waals surface area contributed by atoms with Gasteiger partial charge in [-0.25, -0.2) is 9.97 Å². The number of benzene rings is 1. The first-order valence-corrected chi connectivity index (χ1v) is 8.28. The van der Waals surface area contributed by atoms with Crippen molar-refractivity contribution in [3.05, 3.63) is 41.0 Å². The summed E-state index contributed by atoms with van der Waals surface area (Å²) in [6.45, 7) is 3.41. The van der Waals surface area contributed by atoms with E-state index in [4.69, 9.17) is 4.74 Å². The highest BCUT2D eigenvalue weighted by molar-refractivity contribution is 9.10. The van der Waals surface area contributed by atoms with Crippen molar-refractivity contribution >= 4 is 44.4 Å². The number of aromatic nitrogens is 3. The van der Waals surface area contributed by atoms with E-state index in [1.54, 1.807) is 6.20 Å². The molecule has 1 aliphatic rings. The molecular weight excluding hydrogens is 358 g/mol. The first kappa shape index (κ1) is 14.5. The predicted octanol–water partition coefficient (Wildman–Crippen LogP) is 3.30. The van der Waals surface area contributed by atoms with Gasteiger partial charge in [0.15, 0.2) is 0 Å². The van der Waals surface area contributed by atoms with Crippen LogP contribution in [0.2, 0.25) is 0 Å². The monoisotopic (exact) mass is 373 g/mol. The lowest BCUT2D eigenvalue weighted by molar-refractivity contribution is 0.122. The summed E-state index contributed by atoms with van der Waals surface area (Å²) in [5.74, 6) is 1.44. The SMILES string of the molecule is Brc1ccc(Nc2nc3ccc(N4CCOCC4)cc3[nH]2)nc1. The second-order valence-electron chi connectivity index (χ2n) is 5.37. The molecule has 0 aliphatic carbocycles. The molecule has 7 heteroatoms. The van der Waals surface area contributed by atoms with E-state index in [0.29, 0.717) is 5.95 Å². The molecule has 118 valence electrons. The summed E-state index contributed by atoms with van der Waals surface area (Å²) in [6.07, 6.45) is 1.75. The summed E-state index contributed by atoms with van der Waals surface area (Å²) in [7, 11) is 0. The highest BCUT2D eigenvalue weighted by Crippen LogP contribution is 2.24. The third-order valence-electron chi connectivity index (χ3n) is 3.82. The second-order valence-corrected chi connectivity index (χ2v) is 6.29. The number of halogens is 1. The fourth-order valence-electron chi connectivity index (χ4n) is 2.65. The predicted molar refractivity (Wildman–Crippen MR) is 94.3 cm³/mol. The largest absolute Gasteiger partial charge is 0.378 e. The average Bonchev–Trinajstić information content (AvgIpc) is 2.99. The summed E-state index contributed by atoms with van der Waals surface area (Å²) >= 11 is 3.38. The Balaban J connectivity index is 1.58. The molecule has 1 fully saturated rings. The van der Waals surface area contributed by atoms with Crippen molar-refractivity contribution in [3.63, 3.8) is 0 Å². The zero-order chi connectivity index (χ0) is 15.6. The highest BCUT2D eigenvalue weighted by Gasteiger charge is 2.12. The number of nitrogens with zero attached hydrogens (tertiary/aromatic N) is 3. The van der Waals surface area contributed by atoms with Crippen molar-refractivity contribution in [2.45, 2.75) is 0 Å². The lowest BCUT2D eigenvalue weighted by Crippen LogP contribution is -2.36. The van der Waals surface area contributed by atoms with Gasteiger partial charge >= 0.3 is 0 Å². The van der Waals surface area contributed by atoms with Crippen LogP contribution in [-0.2, 0) is 4.74 Å². The maximum absolute atomic E-state index is 5.41. The summed E-state index contributed by atoms with van der Waals surface area (Å²) in [6, 6.07) is 10.1. The van der Waals surface area contributed by atoms with Gasteiger partial charge < -0.3 is 19.9 Å². The number of ether oxygens (including phenoxy) is 1. The summed E-state index contributed by atoms with van der Waals surface area (Å²) in [4.78, 5) is 14.5. The summed E-state index contributed by atoms with van der Waals surface area (Å²) < 4.78 is 6.35. The van der Waals surface area contributed by atoms with Gasteiger partial charge in [-0.05, 0) is 46.3 Å². The molecule has 0 radical (unpaired) electrons. The van der Waals surface area contributed by atoms with E-state index in [9.17, 15) is 0 Å². The number of fused-ring (bicyclic) bond motifs is 1. The molecule has 3 aromatic rings. The quantitative estimate of drug-likeness (QED) is 0.737. The molecule has 1 aromatic carbocycles. The molecule has 0 bridgehead atoms. The number of imidazole rings is 1. The van der Waals surface area contributed by atoms with Gasteiger partial charge in [-0.2, -0.15) is 0 Å². The molecular formula is C16H16BrN5O. The van der Waals surface area contributed by atoms with E-state index in [0.717, 1.165) is 47.6 Å². The lowest BCUT2D eigenvalue weighted by atomic mass is 10.2. The van der Waals surface area contributed by atoms with E-state index in [-0.39, 0.29) is 0 Å². The van der Waals surface area contributed by atoms with Crippen LogP contribution in [0.1, 0.15) is 0 Å². The van der Waals surface area contributed by atoms with E-state index in [2.05, 4.69) is 53.2 Å². The maximum Gasteiger partial charge on any atom is 0.206 e. The maximum atomic E-state index is 5.41.